The first-order valence-electron chi connectivity index (χ1n) is 6.51. The average Bonchev–Trinajstić information content (AvgIpc) is 2.10. The number of amides is 1. The molecule has 5 nitrogen and oxygen atoms in total. The molecule has 0 radical (unpaired) electrons. The zero-order valence-corrected chi connectivity index (χ0v) is 13.6. The van der Waals surface area contributed by atoms with Crippen molar-refractivity contribution in [2.45, 2.75) is 60.4 Å². The minimum absolute atomic E-state index is 0.00207. The second kappa shape index (κ2) is 6.22. The van der Waals surface area contributed by atoms with E-state index in [4.69, 9.17) is 4.55 Å². The fourth-order valence-electron chi connectivity index (χ4n) is 2.46. The van der Waals surface area contributed by atoms with Gasteiger partial charge in [-0.15, -0.1) is 0 Å². The molecular formula is C13H27NO4S. The van der Waals surface area contributed by atoms with Crippen molar-refractivity contribution in [2.24, 2.45) is 10.8 Å². The Morgan fingerprint density at radius 2 is 1.68 bits per heavy atom. The Labute approximate surface area is 116 Å². The summed E-state index contributed by atoms with van der Waals surface area (Å²) in [5.74, 6) is -0.669. The Kier molecular flexibility index (Phi) is 6.02. The molecule has 0 saturated heterocycles. The molecule has 0 rings (SSSR count). The molecule has 0 aliphatic heterocycles. The minimum atomic E-state index is -4.13. The molecule has 0 bridgehead atoms. The van der Waals surface area contributed by atoms with Crippen LogP contribution in [0.25, 0.3) is 0 Å². The smallest absolute Gasteiger partial charge is 0.266 e. The molecule has 1 unspecified atom stereocenters. The van der Waals surface area contributed by atoms with Crippen molar-refractivity contribution in [2.75, 3.05) is 5.75 Å². The summed E-state index contributed by atoms with van der Waals surface area (Å²) in [5.41, 5.74) is -0.434. The van der Waals surface area contributed by atoms with Gasteiger partial charge >= 0.3 is 0 Å². The molecule has 19 heavy (non-hydrogen) atoms. The van der Waals surface area contributed by atoms with Crippen LogP contribution in [0.1, 0.15) is 54.4 Å². The van der Waals surface area contributed by atoms with Crippen molar-refractivity contribution in [1.29, 1.82) is 0 Å². The summed E-state index contributed by atoms with van der Waals surface area (Å²) in [7, 11) is -4.13. The zero-order valence-electron chi connectivity index (χ0n) is 12.8. The molecule has 2 N–H and O–H groups in total. The molecule has 1 amide bonds. The van der Waals surface area contributed by atoms with Crippen LogP contribution in [0, 0.1) is 10.8 Å². The van der Waals surface area contributed by atoms with Crippen molar-refractivity contribution in [1.82, 2.24) is 5.32 Å². The fourth-order valence-corrected chi connectivity index (χ4v) is 3.42. The molecule has 0 spiro atoms. The van der Waals surface area contributed by atoms with Crippen LogP contribution < -0.4 is 5.32 Å². The second-order valence-electron chi connectivity index (χ2n) is 6.95. The maximum atomic E-state index is 11.5. The highest BCUT2D eigenvalue weighted by Crippen LogP contribution is 2.36. The van der Waals surface area contributed by atoms with Crippen molar-refractivity contribution in [3.8, 4) is 0 Å². The van der Waals surface area contributed by atoms with Crippen LogP contribution in [0.15, 0.2) is 0 Å². The second-order valence-corrected chi connectivity index (χ2v) is 8.45. The predicted molar refractivity (Wildman–Crippen MR) is 76.5 cm³/mol. The van der Waals surface area contributed by atoms with Crippen LogP contribution in [0.2, 0.25) is 0 Å². The van der Waals surface area contributed by atoms with E-state index in [1.165, 1.54) is 0 Å². The van der Waals surface area contributed by atoms with Gasteiger partial charge in [-0.05, 0) is 17.3 Å². The van der Waals surface area contributed by atoms with Gasteiger partial charge < -0.3 is 5.32 Å². The molecule has 114 valence electrons. The molecule has 0 aromatic rings. The number of carbonyl (C=O) groups is 1. The van der Waals surface area contributed by atoms with E-state index in [-0.39, 0.29) is 17.7 Å². The zero-order chi connectivity index (χ0) is 15.5. The molecule has 1 atom stereocenters. The van der Waals surface area contributed by atoms with Crippen molar-refractivity contribution < 1.29 is 17.8 Å². The number of hydrogen-bond acceptors (Lipinski definition) is 3. The van der Waals surface area contributed by atoms with E-state index in [1.54, 1.807) is 6.92 Å². The standard InChI is InChI=1S/C13H27NO4S/c1-7-11(15)14-10(8-19(16,17)18)13(5,6)9-12(2,3)4/h10H,7-9H2,1-6H3,(H,14,15)(H,16,17,18). The molecular weight excluding hydrogens is 266 g/mol. The Bertz CT molecular complexity index is 407. The van der Waals surface area contributed by atoms with Gasteiger partial charge in [-0.2, -0.15) is 8.42 Å². The highest BCUT2D eigenvalue weighted by Gasteiger charge is 2.36. The lowest BCUT2D eigenvalue weighted by molar-refractivity contribution is -0.122. The maximum absolute atomic E-state index is 11.5. The van der Waals surface area contributed by atoms with Gasteiger partial charge in [-0.3, -0.25) is 9.35 Å². The van der Waals surface area contributed by atoms with Gasteiger partial charge in [-0.25, -0.2) is 0 Å². The van der Waals surface area contributed by atoms with Crippen molar-refractivity contribution >= 4 is 16.0 Å². The Morgan fingerprint density at radius 3 is 2.00 bits per heavy atom. The summed E-state index contributed by atoms with van der Waals surface area (Å²) < 4.78 is 31.3. The molecule has 0 aromatic carbocycles. The lowest BCUT2D eigenvalue weighted by Gasteiger charge is -2.39. The topological polar surface area (TPSA) is 83.5 Å². The van der Waals surface area contributed by atoms with Crippen LogP contribution in [0.5, 0.6) is 0 Å². The summed E-state index contributed by atoms with van der Waals surface area (Å²) in [6.07, 6.45) is 1.01. The third-order valence-corrected chi connectivity index (χ3v) is 3.72. The van der Waals surface area contributed by atoms with E-state index in [0.717, 1.165) is 6.42 Å². The van der Waals surface area contributed by atoms with Gasteiger partial charge in [0.2, 0.25) is 5.91 Å². The van der Waals surface area contributed by atoms with Crippen LogP contribution >= 0.6 is 0 Å². The van der Waals surface area contributed by atoms with Crippen LogP contribution in [-0.2, 0) is 14.9 Å². The highest BCUT2D eigenvalue weighted by atomic mass is 32.2. The van der Waals surface area contributed by atoms with Gasteiger partial charge in [0.15, 0.2) is 0 Å². The lowest BCUT2D eigenvalue weighted by atomic mass is 9.72. The Balaban J connectivity index is 5.15. The van der Waals surface area contributed by atoms with Gasteiger partial charge in [-0.1, -0.05) is 41.5 Å². The maximum Gasteiger partial charge on any atom is 0.266 e. The number of nitrogens with one attached hydrogen (secondary N) is 1. The third-order valence-electron chi connectivity index (χ3n) is 2.96. The lowest BCUT2D eigenvalue weighted by Crippen LogP contribution is -2.50. The highest BCUT2D eigenvalue weighted by molar-refractivity contribution is 7.85. The first kappa shape index (κ1) is 18.4. The van der Waals surface area contributed by atoms with Gasteiger partial charge in [0.25, 0.3) is 10.1 Å². The molecule has 0 aliphatic rings. The van der Waals surface area contributed by atoms with Gasteiger partial charge in [0.05, 0.1) is 11.8 Å². The third kappa shape index (κ3) is 8.21. The molecule has 0 aliphatic carbocycles. The van der Waals surface area contributed by atoms with Crippen molar-refractivity contribution in [3.63, 3.8) is 0 Å². The van der Waals surface area contributed by atoms with E-state index in [2.05, 4.69) is 26.1 Å². The van der Waals surface area contributed by atoms with E-state index in [0.29, 0.717) is 0 Å². The van der Waals surface area contributed by atoms with Crippen molar-refractivity contribution in [3.05, 3.63) is 0 Å². The van der Waals surface area contributed by atoms with E-state index >= 15 is 0 Å². The normalized spacial score (nSPS) is 15.1. The Morgan fingerprint density at radius 1 is 1.21 bits per heavy atom. The summed E-state index contributed by atoms with van der Waals surface area (Å²) in [6.45, 7) is 11.7. The number of carbonyl (C=O) groups excluding carboxylic acids is 1. The first-order valence-corrected chi connectivity index (χ1v) is 8.12. The molecule has 0 aromatic heterocycles. The Hall–Kier alpha value is -0.620. The summed E-state index contributed by atoms with van der Waals surface area (Å²) >= 11 is 0. The first-order chi connectivity index (χ1) is 8.27. The van der Waals surface area contributed by atoms with E-state index < -0.39 is 27.3 Å². The summed E-state index contributed by atoms with van der Waals surface area (Å²) in [5, 5.41) is 2.71. The molecule has 0 saturated carbocycles. The minimum Gasteiger partial charge on any atom is -0.352 e. The van der Waals surface area contributed by atoms with Crippen LogP contribution in [0.3, 0.4) is 0 Å². The van der Waals surface area contributed by atoms with Gasteiger partial charge in [0, 0.05) is 6.42 Å². The monoisotopic (exact) mass is 293 g/mol. The molecule has 6 heteroatoms. The average molecular weight is 293 g/mol. The summed E-state index contributed by atoms with van der Waals surface area (Å²) in [6, 6.07) is -0.603. The SMILES string of the molecule is CCC(=O)NC(CS(=O)(=O)O)C(C)(C)CC(C)(C)C. The van der Waals surface area contributed by atoms with Crippen LogP contribution in [0.4, 0.5) is 0 Å². The fraction of sp³-hybridized carbons (Fsp3) is 0.923. The summed E-state index contributed by atoms with van der Waals surface area (Å²) in [4.78, 5) is 11.5. The van der Waals surface area contributed by atoms with E-state index in [9.17, 15) is 13.2 Å². The number of rotatable bonds is 6. The largest absolute Gasteiger partial charge is 0.352 e. The number of hydrogen-bond donors (Lipinski definition) is 2. The molecule has 0 heterocycles. The van der Waals surface area contributed by atoms with Gasteiger partial charge in [0.1, 0.15) is 0 Å². The predicted octanol–water partition coefficient (Wildman–Crippen LogP) is 2.23. The van der Waals surface area contributed by atoms with Crippen LogP contribution in [-0.4, -0.2) is 30.7 Å². The molecule has 0 fully saturated rings. The van der Waals surface area contributed by atoms with E-state index in [1.807, 2.05) is 13.8 Å². The quantitative estimate of drug-likeness (QED) is 0.736.